The minimum atomic E-state index is -3.60. The van der Waals surface area contributed by atoms with E-state index in [-0.39, 0.29) is 0 Å². The summed E-state index contributed by atoms with van der Waals surface area (Å²) in [6.07, 6.45) is 0.690. The Bertz CT molecular complexity index is 1090. The Kier molecular flexibility index (Phi) is 3.99. The van der Waals surface area contributed by atoms with Gasteiger partial charge in [0.25, 0.3) is 10.0 Å². The summed E-state index contributed by atoms with van der Waals surface area (Å²) in [5.41, 5.74) is 4.12. The molecule has 0 atom stereocenters. The summed E-state index contributed by atoms with van der Waals surface area (Å²) < 4.78 is 27.8. The Morgan fingerprint density at radius 1 is 1.04 bits per heavy atom. The molecule has 4 rings (SSSR count). The third-order valence-electron chi connectivity index (χ3n) is 4.98. The largest absolute Gasteiger partial charge is 0.265 e. The molecule has 3 aromatic rings. The molecule has 0 amide bonds. The van der Waals surface area contributed by atoms with Crippen molar-refractivity contribution in [2.24, 2.45) is 0 Å². The van der Waals surface area contributed by atoms with Gasteiger partial charge >= 0.3 is 0 Å². The quantitative estimate of drug-likeness (QED) is 0.689. The van der Waals surface area contributed by atoms with Gasteiger partial charge in [0, 0.05) is 11.9 Å². The van der Waals surface area contributed by atoms with Crippen molar-refractivity contribution in [2.75, 3.05) is 10.8 Å². The Labute approximate surface area is 154 Å². The highest BCUT2D eigenvalue weighted by Crippen LogP contribution is 2.34. The summed E-state index contributed by atoms with van der Waals surface area (Å²) in [6.45, 7) is 6.67. The lowest BCUT2D eigenvalue weighted by molar-refractivity contribution is 0.592. The molecule has 2 heterocycles. The highest BCUT2D eigenvalue weighted by atomic mass is 32.2. The van der Waals surface area contributed by atoms with Crippen LogP contribution in [0.15, 0.2) is 53.4 Å². The Balaban J connectivity index is 1.77. The second-order valence-electron chi connectivity index (χ2n) is 7.22. The van der Waals surface area contributed by atoms with Crippen LogP contribution >= 0.6 is 0 Å². The maximum atomic E-state index is 13.2. The first-order valence-corrected chi connectivity index (χ1v) is 10.3. The van der Waals surface area contributed by atoms with Gasteiger partial charge in [-0.2, -0.15) is 0 Å². The third-order valence-corrected chi connectivity index (χ3v) is 6.79. The van der Waals surface area contributed by atoms with Crippen LogP contribution in [0.25, 0.3) is 10.9 Å². The fourth-order valence-electron chi connectivity index (χ4n) is 3.44. The van der Waals surface area contributed by atoms with Gasteiger partial charge < -0.3 is 0 Å². The lowest BCUT2D eigenvalue weighted by atomic mass is 10.0. The summed E-state index contributed by atoms with van der Waals surface area (Å²) in [7, 11) is -3.60. The van der Waals surface area contributed by atoms with Crippen LogP contribution in [0, 0.1) is 6.92 Å². The van der Waals surface area contributed by atoms with E-state index >= 15 is 0 Å². The number of sulfonamides is 1. The number of fused-ring (bicyclic) bond motifs is 2. The van der Waals surface area contributed by atoms with Crippen LogP contribution < -0.4 is 4.31 Å². The average molecular weight is 366 g/mol. The van der Waals surface area contributed by atoms with E-state index in [2.05, 4.69) is 31.0 Å². The molecule has 0 aliphatic carbocycles. The fraction of sp³-hybridized carbons (Fsp3) is 0.286. The van der Waals surface area contributed by atoms with E-state index < -0.39 is 10.0 Å². The monoisotopic (exact) mass is 366 g/mol. The van der Waals surface area contributed by atoms with Crippen molar-refractivity contribution >= 4 is 26.7 Å². The molecule has 1 aliphatic heterocycles. The van der Waals surface area contributed by atoms with Crippen LogP contribution in [0.5, 0.6) is 0 Å². The van der Waals surface area contributed by atoms with E-state index in [0.717, 1.165) is 22.0 Å². The lowest BCUT2D eigenvalue weighted by Crippen LogP contribution is -2.29. The Hall–Kier alpha value is -2.40. The molecule has 0 fully saturated rings. The highest BCUT2D eigenvalue weighted by molar-refractivity contribution is 7.92. The topological polar surface area (TPSA) is 50.3 Å². The first-order valence-electron chi connectivity index (χ1n) is 8.89. The maximum absolute atomic E-state index is 13.2. The van der Waals surface area contributed by atoms with E-state index in [4.69, 9.17) is 0 Å². The number of hydrogen-bond acceptors (Lipinski definition) is 3. The van der Waals surface area contributed by atoms with Crippen molar-refractivity contribution < 1.29 is 8.42 Å². The molecular formula is C21H22N2O2S. The second-order valence-corrected chi connectivity index (χ2v) is 9.08. The van der Waals surface area contributed by atoms with Crippen molar-refractivity contribution in [1.82, 2.24) is 4.98 Å². The summed E-state index contributed by atoms with van der Waals surface area (Å²) in [5.74, 6) is 0.935. The summed E-state index contributed by atoms with van der Waals surface area (Å²) in [5, 5.41) is 1.06. The Morgan fingerprint density at radius 2 is 1.77 bits per heavy atom. The zero-order valence-electron chi connectivity index (χ0n) is 15.2. The molecule has 1 aromatic heterocycles. The molecule has 0 spiro atoms. The van der Waals surface area contributed by atoms with Crippen LogP contribution in [0.3, 0.4) is 0 Å². The van der Waals surface area contributed by atoms with Gasteiger partial charge in [-0.05, 0) is 60.7 Å². The number of nitrogens with zero attached hydrogens (tertiary/aromatic N) is 2. The van der Waals surface area contributed by atoms with Crippen LogP contribution in [0.4, 0.5) is 5.82 Å². The standard InChI is InChI=1S/C21H22N2O2S/c1-14(2)16-5-7-19(8-6-16)26(24,25)23-11-10-17-13-18-12-15(3)4-9-20(18)22-21(17)23/h4-9,12-14H,10-11H2,1-3H3. The molecular weight excluding hydrogens is 344 g/mol. The van der Waals surface area contributed by atoms with E-state index in [0.29, 0.717) is 29.6 Å². The third kappa shape index (κ3) is 2.76. The summed E-state index contributed by atoms with van der Waals surface area (Å²) in [4.78, 5) is 4.98. The van der Waals surface area contributed by atoms with E-state index in [1.165, 1.54) is 9.87 Å². The van der Waals surface area contributed by atoms with Gasteiger partial charge in [-0.1, -0.05) is 37.6 Å². The summed E-state index contributed by atoms with van der Waals surface area (Å²) in [6, 6.07) is 15.3. The van der Waals surface area contributed by atoms with Gasteiger partial charge in [0.2, 0.25) is 0 Å². The molecule has 0 N–H and O–H groups in total. The molecule has 134 valence electrons. The van der Waals surface area contributed by atoms with E-state index in [9.17, 15) is 8.42 Å². The lowest BCUT2D eigenvalue weighted by Gasteiger charge is -2.19. The predicted molar refractivity (Wildman–Crippen MR) is 105 cm³/mol. The number of anilines is 1. The van der Waals surface area contributed by atoms with Gasteiger partial charge in [0.05, 0.1) is 10.4 Å². The Morgan fingerprint density at radius 3 is 2.46 bits per heavy atom. The molecule has 0 saturated carbocycles. The minimum Gasteiger partial charge on any atom is -0.249 e. The number of hydrogen-bond donors (Lipinski definition) is 0. The molecule has 1 aliphatic rings. The molecule has 2 aromatic carbocycles. The van der Waals surface area contributed by atoms with Crippen molar-refractivity contribution in [3.05, 3.63) is 65.2 Å². The second kappa shape index (κ2) is 6.09. The normalized spacial score (nSPS) is 14.2. The van der Waals surface area contributed by atoms with E-state index in [1.54, 1.807) is 12.1 Å². The first-order chi connectivity index (χ1) is 12.4. The molecule has 26 heavy (non-hydrogen) atoms. The number of benzene rings is 2. The van der Waals surface area contributed by atoms with Crippen LogP contribution in [-0.4, -0.2) is 19.9 Å². The zero-order chi connectivity index (χ0) is 18.5. The van der Waals surface area contributed by atoms with Crippen LogP contribution in [-0.2, 0) is 16.4 Å². The minimum absolute atomic E-state index is 0.320. The van der Waals surface area contributed by atoms with Crippen molar-refractivity contribution in [1.29, 1.82) is 0 Å². The number of rotatable bonds is 3. The maximum Gasteiger partial charge on any atom is 0.265 e. The number of pyridine rings is 1. The number of aryl methyl sites for hydroxylation is 1. The molecule has 0 unspecified atom stereocenters. The molecule has 5 heteroatoms. The fourth-order valence-corrected chi connectivity index (χ4v) is 4.90. The van der Waals surface area contributed by atoms with Gasteiger partial charge in [-0.3, -0.25) is 0 Å². The van der Waals surface area contributed by atoms with Gasteiger partial charge in [0.1, 0.15) is 5.82 Å². The first kappa shape index (κ1) is 17.0. The van der Waals surface area contributed by atoms with Gasteiger partial charge in [-0.25, -0.2) is 17.7 Å². The number of aromatic nitrogens is 1. The van der Waals surface area contributed by atoms with Crippen molar-refractivity contribution in [3.8, 4) is 0 Å². The van der Waals surface area contributed by atoms with Crippen molar-refractivity contribution in [2.45, 2.75) is 38.0 Å². The predicted octanol–water partition coefficient (Wildman–Crippen LogP) is 4.42. The van der Waals surface area contributed by atoms with Crippen LogP contribution in [0.2, 0.25) is 0 Å². The highest BCUT2D eigenvalue weighted by Gasteiger charge is 2.32. The zero-order valence-corrected chi connectivity index (χ0v) is 16.0. The summed E-state index contributed by atoms with van der Waals surface area (Å²) >= 11 is 0. The molecule has 0 saturated heterocycles. The SMILES string of the molecule is Cc1ccc2nc3c(cc2c1)CCN3S(=O)(=O)c1ccc(C(C)C)cc1. The average Bonchev–Trinajstić information content (AvgIpc) is 3.03. The van der Waals surface area contributed by atoms with Gasteiger partial charge in [0.15, 0.2) is 0 Å². The van der Waals surface area contributed by atoms with E-state index in [1.807, 2.05) is 31.2 Å². The smallest absolute Gasteiger partial charge is 0.249 e. The van der Waals surface area contributed by atoms with Crippen LogP contribution in [0.1, 0.15) is 36.5 Å². The molecule has 0 radical (unpaired) electrons. The molecule has 4 nitrogen and oxygen atoms in total. The molecule has 0 bridgehead atoms. The van der Waals surface area contributed by atoms with Gasteiger partial charge in [-0.15, -0.1) is 0 Å². The van der Waals surface area contributed by atoms with Crippen molar-refractivity contribution in [3.63, 3.8) is 0 Å².